The van der Waals surface area contributed by atoms with Crippen LogP contribution in [-0.4, -0.2) is 53.9 Å². The van der Waals surface area contributed by atoms with Crippen LogP contribution in [0.25, 0.3) is 11.3 Å². The lowest BCUT2D eigenvalue weighted by molar-refractivity contribution is 0.0545. The Morgan fingerprint density at radius 3 is 2.65 bits per heavy atom. The molecule has 0 spiro atoms. The van der Waals surface area contributed by atoms with Crippen LogP contribution in [0.15, 0.2) is 24.3 Å². The molecule has 0 amide bonds. The zero-order valence-electron chi connectivity index (χ0n) is 19.8. The van der Waals surface area contributed by atoms with Crippen LogP contribution in [-0.2, 0) is 4.74 Å². The molecule has 31 heavy (non-hydrogen) atoms. The third-order valence-electron chi connectivity index (χ3n) is 6.86. The second kappa shape index (κ2) is 9.00. The van der Waals surface area contributed by atoms with Crippen LogP contribution in [0.5, 0.6) is 0 Å². The van der Waals surface area contributed by atoms with Crippen molar-refractivity contribution in [2.24, 2.45) is 17.8 Å². The van der Waals surface area contributed by atoms with Crippen LogP contribution in [0, 0.1) is 30.5 Å². The predicted molar refractivity (Wildman–Crippen MR) is 121 cm³/mol. The van der Waals surface area contributed by atoms with Gasteiger partial charge in [-0.25, -0.2) is 4.39 Å². The van der Waals surface area contributed by atoms with Gasteiger partial charge in [-0.1, -0.05) is 11.6 Å². The molecule has 0 radical (unpaired) electrons. The Balaban J connectivity index is 1.21. The molecule has 1 aromatic heterocycles. The van der Waals surface area contributed by atoms with Crippen molar-refractivity contribution in [3.05, 3.63) is 40.7 Å². The lowest BCUT2D eigenvalue weighted by atomic mass is 10.00. The fourth-order valence-electron chi connectivity index (χ4n) is 5.32. The number of halogens is 2. The van der Waals surface area contributed by atoms with Gasteiger partial charge >= 0.3 is 0 Å². The molecule has 3 heterocycles. The zero-order valence-corrected chi connectivity index (χ0v) is 18.5. The third-order valence-corrected chi connectivity index (χ3v) is 7.19. The number of aromatic nitrogens is 2. The number of hydrogen-bond donors (Lipinski definition) is 1. The highest BCUT2D eigenvalue weighted by atomic mass is 35.5. The van der Waals surface area contributed by atoms with Crippen molar-refractivity contribution in [3.8, 4) is 11.3 Å². The minimum atomic E-state index is -1.26. The fourth-order valence-corrected chi connectivity index (χ4v) is 5.53. The van der Waals surface area contributed by atoms with Crippen molar-refractivity contribution in [3.63, 3.8) is 0 Å². The molecule has 5 rings (SSSR count). The van der Waals surface area contributed by atoms with Gasteiger partial charge in [0.25, 0.3) is 0 Å². The molecule has 3 fully saturated rings. The molecule has 3 aliphatic rings. The number of rotatable bonds is 5. The molecule has 1 N–H and O–H groups in total. The van der Waals surface area contributed by atoms with E-state index in [1.807, 2.05) is 13.0 Å². The molecule has 2 aromatic rings. The maximum atomic E-state index is 13.7. The molecule has 1 saturated carbocycles. The molecule has 2 saturated heterocycles. The molecule has 166 valence electrons. The summed E-state index contributed by atoms with van der Waals surface area (Å²) in [4.78, 5) is 2.08. The summed E-state index contributed by atoms with van der Waals surface area (Å²) in [6.07, 6.45) is 3.61. The van der Waals surface area contributed by atoms with Gasteiger partial charge in [0.15, 0.2) is 0 Å². The molecule has 1 unspecified atom stereocenters. The summed E-state index contributed by atoms with van der Waals surface area (Å²) in [6.45, 7) is 3.64. The van der Waals surface area contributed by atoms with Gasteiger partial charge < -0.3 is 15.0 Å². The fraction of sp³-hybridized carbons (Fsp3) is 0.583. The minimum absolute atomic E-state index is 0.0577. The summed E-state index contributed by atoms with van der Waals surface area (Å²) >= 11 is 6.24. The Morgan fingerprint density at radius 2 is 1.94 bits per heavy atom. The Hall–Kier alpha value is -1.76. The van der Waals surface area contributed by atoms with E-state index in [9.17, 15) is 4.39 Å². The average molecular weight is 447 g/mol. The summed E-state index contributed by atoms with van der Waals surface area (Å²) < 4.78 is 36.6. The number of hydrogen-bond acceptors (Lipinski definition) is 5. The normalized spacial score (nSPS) is 28.3. The van der Waals surface area contributed by atoms with Crippen LogP contribution in [0.2, 0.25) is 5.02 Å². The van der Waals surface area contributed by atoms with Gasteiger partial charge in [-0.3, -0.25) is 0 Å². The zero-order chi connectivity index (χ0) is 23.2. The number of nitrogens with one attached hydrogen (secondary N) is 1. The van der Waals surface area contributed by atoms with E-state index in [1.54, 1.807) is 0 Å². The number of benzene rings is 1. The van der Waals surface area contributed by atoms with Crippen molar-refractivity contribution in [2.45, 2.75) is 38.6 Å². The van der Waals surface area contributed by atoms with Gasteiger partial charge in [-0.15, -0.1) is 10.2 Å². The van der Waals surface area contributed by atoms with E-state index in [0.29, 0.717) is 53.2 Å². The van der Waals surface area contributed by atoms with E-state index in [2.05, 4.69) is 20.4 Å². The number of aryl methyl sites for hydroxylation is 1. The second-order valence-corrected chi connectivity index (χ2v) is 9.55. The summed E-state index contributed by atoms with van der Waals surface area (Å²) in [5.41, 5.74) is 2.01. The maximum Gasteiger partial charge on any atom is 0.149 e. The van der Waals surface area contributed by atoms with Gasteiger partial charge in [-0.05, 0) is 80.2 Å². The Labute approximate surface area is 191 Å². The van der Waals surface area contributed by atoms with Crippen molar-refractivity contribution in [2.75, 3.05) is 38.1 Å². The maximum absolute atomic E-state index is 13.7. The quantitative estimate of drug-likeness (QED) is 0.715. The number of ether oxygens (including phenoxy) is 1. The van der Waals surface area contributed by atoms with Crippen LogP contribution in [0.4, 0.5) is 10.2 Å². The number of nitrogens with zero attached hydrogens (tertiary/aromatic N) is 3. The number of likely N-dealkylation sites (tertiary alicyclic amines) is 1. The van der Waals surface area contributed by atoms with E-state index in [0.717, 1.165) is 44.3 Å². The molecule has 2 aliphatic heterocycles. The molecule has 1 aromatic carbocycles. The van der Waals surface area contributed by atoms with Crippen molar-refractivity contribution in [1.82, 2.24) is 15.1 Å². The van der Waals surface area contributed by atoms with E-state index in [-0.39, 0.29) is 11.7 Å². The first-order chi connectivity index (χ1) is 15.8. The van der Waals surface area contributed by atoms with Crippen molar-refractivity contribution >= 4 is 17.4 Å². The summed E-state index contributed by atoms with van der Waals surface area (Å²) in [5, 5.41) is 12.6. The van der Waals surface area contributed by atoms with Crippen LogP contribution in [0.3, 0.4) is 0 Å². The largest absolute Gasteiger partial charge is 0.381 e. The lowest BCUT2D eigenvalue weighted by Gasteiger charge is -2.27. The van der Waals surface area contributed by atoms with Gasteiger partial charge in [0.2, 0.25) is 0 Å². The molecule has 0 bridgehead atoms. The molecular weight excluding hydrogens is 415 g/mol. The molecule has 7 heteroatoms. The van der Waals surface area contributed by atoms with Crippen molar-refractivity contribution in [1.29, 1.82) is 0 Å². The topological polar surface area (TPSA) is 50.3 Å². The third kappa shape index (κ3) is 4.71. The Kier molecular flexibility index (Phi) is 5.45. The Morgan fingerprint density at radius 1 is 1.19 bits per heavy atom. The number of anilines is 1. The van der Waals surface area contributed by atoms with Gasteiger partial charge in [0, 0.05) is 47.1 Å². The Bertz CT molecular complexity index is 1010. The highest BCUT2D eigenvalue weighted by Crippen LogP contribution is 2.40. The van der Waals surface area contributed by atoms with E-state index < -0.39 is 6.50 Å². The first kappa shape index (κ1) is 18.8. The van der Waals surface area contributed by atoms with Crippen LogP contribution >= 0.6 is 11.6 Å². The lowest BCUT2D eigenvalue weighted by Crippen LogP contribution is -2.32. The van der Waals surface area contributed by atoms with E-state index in [1.165, 1.54) is 18.2 Å². The van der Waals surface area contributed by atoms with Crippen molar-refractivity contribution < 1.29 is 11.9 Å². The highest BCUT2D eigenvalue weighted by Gasteiger charge is 2.41. The summed E-state index contributed by atoms with van der Waals surface area (Å²) in [7, 11) is 0. The van der Waals surface area contributed by atoms with Crippen LogP contribution in [0.1, 0.15) is 34.0 Å². The molecule has 5 nitrogen and oxygen atoms in total. The van der Waals surface area contributed by atoms with Crippen LogP contribution < -0.4 is 5.32 Å². The predicted octanol–water partition coefficient (Wildman–Crippen LogP) is 4.79. The number of fused-ring (bicyclic) bond motifs is 1. The molecular formula is C24H30ClFN4O. The molecule has 1 aliphatic carbocycles. The highest BCUT2D eigenvalue weighted by molar-refractivity contribution is 6.33. The summed E-state index contributed by atoms with van der Waals surface area (Å²) in [5.74, 6) is 1.41. The standard InChI is InChI=1S/C24H30ClFN4O/c1-15-8-23(28-29-24(15)21-11-19(26)2-3-22(21)25)27-20-9-17-13-30(14-18(17)10-20)12-16-4-6-31-7-5-16/h2-3,8,11,16-18,20H,4-7,9-10,12-14H2,1H3,(H,27,28)/t17-,18+,20?/i12D2. The monoisotopic (exact) mass is 446 g/mol. The summed E-state index contributed by atoms with van der Waals surface area (Å²) in [6, 6.07) is 6.49. The van der Waals surface area contributed by atoms with E-state index in [4.69, 9.17) is 19.1 Å². The smallest absolute Gasteiger partial charge is 0.149 e. The van der Waals surface area contributed by atoms with Gasteiger partial charge in [0.05, 0.1) is 10.7 Å². The minimum Gasteiger partial charge on any atom is -0.381 e. The molecule has 3 atom stereocenters. The second-order valence-electron chi connectivity index (χ2n) is 9.14. The van der Waals surface area contributed by atoms with Gasteiger partial charge in [-0.2, -0.15) is 0 Å². The average Bonchev–Trinajstić information content (AvgIpc) is 3.36. The SMILES string of the molecule is [2H]C([2H])(C1CCOCC1)N1C[C@H]2CC(Nc3cc(C)c(-c4cc(F)ccc4Cl)nn3)C[C@H]2C1. The van der Waals surface area contributed by atoms with Gasteiger partial charge in [0.1, 0.15) is 11.6 Å². The van der Waals surface area contributed by atoms with E-state index >= 15 is 0 Å². The first-order valence-electron chi connectivity index (χ1n) is 12.2. The first-order valence-corrected chi connectivity index (χ1v) is 11.6.